The molecule has 3 aliphatic carbocycles. The van der Waals surface area contributed by atoms with Crippen molar-refractivity contribution in [2.45, 2.75) is 82.5 Å². The smallest absolute Gasteiger partial charge is 0.264 e. The lowest BCUT2D eigenvalue weighted by atomic mass is 9.73. The van der Waals surface area contributed by atoms with Gasteiger partial charge in [-0.05, 0) is 87.5 Å². The summed E-state index contributed by atoms with van der Waals surface area (Å²) in [5.74, 6) is -0.705. The van der Waals surface area contributed by atoms with Crippen LogP contribution in [-0.4, -0.2) is 45.9 Å². The molecule has 244 valence electrons. The fraction of sp³-hybridized carbons (Fsp3) is 0.485. The maximum atomic E-state index is 15.2. The van der Waals surface area contributed by atoms with Crippen molar-refractivity contribution in [2.75, 3.05) is 5.75 Å². The molecule has 0 aliphatic heterocycles. The van der Waals surface area contributed by atoms with E-state index in [1.165, 1.54) is 11.3 Å². The molecular formula is C33H34ClFN2O7S2. The number of aryl methyl sites for hydroxylation is 1. The van der Waals surface area contributed by atoms with E-state index in [-0.39, 0.29) is 41.9 Å². The molecule has 2 bridgehead atoms. The second kappa shape index (κ2) is 12.1. The Morgan fingerprint density at radius 3 is 2.61 bits per heavy atom. The number of hydrogen-bond donors (Lipinski definition) is 2. The SMILES string of the molecule is Cc1cccc(Cl)c1-c1noc(C2CC2)c1COC1C[C@H]2CC[C@@H](C1)C2(O)c1nc2c(F)cc(C(=O)CCCS(=O)(=O)O)cc2s1. The molecule has 2 N–H and O–H groups in total. The second-order valence-corrected chi connectivity index (χ2v) is 15.9. The second-order valence-electron chi connectivity index (χ2n) is 12.9. The summed E-state index contributed by atoms with van der Waals surface area (Å²) >= 11 is 7.79. The third kappa shape index (κ3) is 5.92. The van der Waals surface area contributed by atoms with Crippen LogP contribution in [0.2, 0.25) is 5.02 Å². The van der Waals surface area contributed by atoms with Gasteiger partial charge < -0.3 is 14.4 Å². The Morgan fingerprint density at radius 2 is 1.93 bits per heavy atom. The van der Waals surface area contributed by atoms with Crippen LogP contribution in [0.15, 0.2) is 34.9 Å². The fourth-order valence-electron chi connectivity index (χ4n) is 7.32. The maximum absolute atomic E-state index is 15.2. The van der Waals surface area contributed by atoms with E-state index in [9.17, 15) is 18.3 Å². The van der Waals surface area contributed by atoms with Crippen molar-refractivity contribution in [3.8, 4) is 11.3 Å². The average molecular weight is 689 g/mol. The van der Waals surface area contributed by atoms with Crippen LogP contribution in [0.1, 0.15) is 89.5 Å². The highest BCUT2D eigenvalue weighted by atomic mass is 35.5. The number of fused-ring (bicyclic) bond motifs is 3. The first-order valence-corrected chi connectivity index (χ1v) is 18.4. The van der Waals surface area contributed by atoms with Gasteiger partial charge in [0, 0.05) is 29.0 Å². The Morgan fingerprint density at radius 1 is 1.20 bits per heavy atom. The van der Waals surface area contributed by atoms with E-state index in [1.54, 1.807) is 6.07 Å². The summed E-state index contributed by atoms with van der Waals surface area (Å²) in [5, 5.41) is 17.6. The summed E-state index contributed by atoms with van der Waals surface area (Å²) in [5.41, 5.74) is 2.47. The summed E-state index contributed by atoms with van der Waals surface area (Å²) in [6.07, 6.45) is 4.61. The lowest BCUT2D eigenvalue weighted by Crippen LogP contribution is -2.44. The third-order valence-electron chi connectivity index (χ3n) is 9.81. The number of nitrogens with zero attached hydrogens (tertiary/aromatic N) is 2. The lowest BCUT2D eigenvalue weighted by Gasteiger charge is -2.41. The van der Waals surface area contributed by atoms with Crippen molar-refractivity contribution in [1.29, 1.82) is 0 Å². The van der Waals surface area contributed by atoms with E-state index >= 15 is 4.39 Å². The van der Waals surface area contributed by atoms with E-state index in [2.05, 4.69) is 10.1 Å². The van der Waals surface area contributed by atoms with Crippen molar-refractivity contribution >= 4 is 49.1 Å². The lowest BCUT2D eigenvalue weighted by molar-refractivity contribution is -0.116. The quantitative estimate of drug-likeness (QED) is 0.122. The molecule has 9 nitrogen and oxygen atoms in total. The number of halogens is 2. The van der Waals surface area contributed by atoms with E-state index in [0.717, 1.165) is 54.2 Å². The highest BCUT2D eigenvalue weighted by Gasteiger charge is 2.56. The number of rotatable bonds is 11. The number of ketones is 1. The predicted octanol–water partition coefficient (Wildman–Crippen LogP) is 7.37. The molecule has 0 amide bonds. The predicted molar refractivity (Wildman–Crippen MR) is 171 cm³/mol. The number of benzene rings is 2. The number of thiazole rings is 1. The number of Topliss-reactive ketones (excluding diaryl/α,β-unsaturated/α-hetero) is 1. The van der Waals surface area contributed by atoms with Crippen molar-refractivity contribution in [3.63, 3.8) is 0 Å². The van der Waals surface area contributed by atoms with Crippen molar-refractivity contribution in [3.05, 3.63) is 68.6 Å². The van der Waals surface area contributed by atoms with Crippen LogP contribution < -0.4 is 0 Å². The number of aromatic nitrogens is 2. The van der Waals surface area contributed by atoms with Gasteiger partial charge >= 0.3 is 0 Å². The molecule has 3 fully saturated rings. The molecule has 4 aromatic rings. The first-order chi connectivity index (χ1) is 21.9. The minimum absolute atomic E-state index is 0.0719. The number of hydrogen-bond acceptors (Lipinski definition) is 9. The highest BCUT2D eigenvalue weighted by Crippen LogP contribution is 2.57. The number of ether oxygens (including phenoxy) is 1. The summed E-state index contributed by atoms with van der Waals surface area (Å²) in [6, 6.07) is 8.40. The zero-order valence-corrected chi connectivity index (χ0v) is 27.6. The molecule has 7 rings (SSSR count). The van der Waals surface area contributed by atoms with Crippen molar-refractivity contribution in [1.82, 2.24) is 10.1 Å². The standard InChI is InChI=1S/C33H34ClFN2O7S2/c1-17-4-2-5-24(34)28(17)29-23(31(44-37-29)18-7-8-18)16-43-22-14-20-9-10-21(15-22)33(20,39)32-36-30-25(35)12-19(13-27(30)45-32)26(38)6-3-11-46(40,41)42/h2,4-5,12-13,18,20-22,39H,3,6-11,14-16H2,1H3,(H,40,41,42)/t20-,21+,22?,33?. The monoisotopic (exact) mass is 688 g/mol. The molecule has 0 radical (unpaired) electrons. The van der Waals surface area contributed by atoms with Crippen LogP contribution in [0.25, 0.3) is 21.5 Å². The van der Waals surface area contributed by atoms with E-state index in [0.29, 0.717) is 45.8 Å². The van der Waals surface area contributed by atoms with Gasteiger partial charge in [0.15, 0.2) is 11.6 Å². The van der Waals surface area contributed by atoms with Gasteiger partial charge in [0.2, 0.25) is 0 Å². The van der Waals surface area contributed by atoms with Crippen LogP contribution in [-0.2, 0) is 27.1 Å². The van der Waals surface area contributed by atoms with Gasteiger partial charge in [-0.15, -0.1) is 11.3 Å². The zero-order chi connectivity index (χ0) is 32.4. The average Bonchev–Trinajstić information content (AvgIpc) is 3.57. The molecule has 2 aromatic carbocycles. The number of carbonyl (C=O) groups is 1. The summed E-state index contributed by atoms with van der Waals surface area (Å²) in [7, 11) is -4.19. The molecule has 2 heterocycles. The zero-order valence-electron chi connectivity index (χ0n) is 25.2. The molecule has 13 heteroatoms. The highest BCUT2D eigenvalue weighted by molar-refractivity contribution is 7.85. The van der Waals surface area contributed by atoms with Crippen molar-refractivity contribution < 1.29 is 36.5 Å². The molecule has 3 aliphatic rings. The molecular weight excluding hydrogens is 655 g/mol. The largest absolute Gasteiger partial charge is 0.382 e. The molecule has 3 saturated carbocycles. The van der Waals surface area contributed by atoms with E-state index in [1.807, 2.05) is 25.1 Å². The van der Waals surface area contributed by atoms with Crippen LogP contribution in [0.3, 0.4) is 0 Å². The minimum atomic E-state index is -4.19. The van der Waals surface area contributed by atoms with E-state index in [4.69, 9.17) is 25.4 Å². The minimum Gasteiger partial charge on any atom is -0.382 e. The Balaban J connectivity index is 1.08. The Kier molecular flexibility index (Phi) is 8.34. The Bertz CT molecular complexity index is 1900. The first-order valence-electron chi connectivity index (χ1n) is 15.6. The van der Waals surface area contributed by atoms with E-state index < -0.39 is 33.1 Å². The van der Waals surface area contributed by atoms with Gasteiger partial charge in [0.05, 0.1) is 28.2 Å². The molecule has 2 aromatic heterocycles. The molecule has 0 saturated heterocycles. The topological polar surface area (TPSA) is 140 Å². The Labute approximate surface area is 274 Å². The molecule has 2 unspecified atom stereocenters. The van der Waals surface area contributed by atoms with Gasteiger partial charge in [-0.1, -0.05) is 28.9 Å². The van der Waals surface area contributed by atoms with Gasteiger partial charge in [0.1, 0.15) is 27.6 Å². The van der Waals surface area contributed by atoms with Gasteiger partial charge in [0.25, 0.3) is 10.1 Å². The van der Waals surface area contributed by atoms with Crippen LogP contribution in [0.4, 0.5) is 4.39 Å². The van der Waals surface area contributed by atoms with Gasteiger partial charge in [-0.3, -0.25) is 9.35 Å². The Hall–Kier alpha value is -2.74. The number of carbonyl (C=O) groups excluding carboxylic acids is 1. The van der Waals surface area contributed by atoms with Crippen LogP contribution >= 0.6 is 22.9 Å². The normalized spacial score (nSPS) is 24.6. The third-order valence-corrected chi connectivity index (χ3v) is 12.1. The first kappa shape index (κ1) is 31.8. The fourth-order valence-corrected chi connectivity index (χ4v) is 9.41. The van der Waals surface area contributed by atoms with Crippen LogP contribution in [0, 0.1) is 24.6 Å². The van der Waals surface area contributed by atoms with Crippen molar-refractivity contribution in [2.24, 2.45) is 11.8 Å². The maximum Gasteiger partial charge on any atom is 0.264 e. The molecule has 4 atom stereocenters. The summed E-state index contributed by atoms with van der Waals surface area (Å²) in [4.78, 5) is 17.2. The van der Waals surface area contributed by atoms with Crippen LogP contribution in [0.5, 0.6) is 0 Å². The summed E-state index contributed by atoms with van der Waals surface area (Å²) in [6.45, 7) is 2.32. The number of aliphatic hydroxyl groups is 1. The molecule has 46 heavy (non-hydrogen) atoms. The van der Waals surface area contributed by atoms with Gasteiger partial charge in [-0.2, -0.15) is 8.42 Å². The van der Waals surface area contributed by atoms with Gasteiger partial charge in [-0.25, -0.2) is 9.37 Å². The summed E-state index contributed by atoms with van der Waals surface area (Å²) < 4.78 is 58.9. The molecule has 0 spiro atoms.